The number of para-hydroxylation sites is 1. The minimum atomic E-state index is -4.71. The Labute approximate surface area is 228 Å². The molecule has 202 valence electrons. The fourth-order valence-corrected chi connectivity index (χ4v) is 3.80. The van der Waals surface area contributed by atoms with Gasteiger partial charge in [0.05, 0.1) is 30.2 Å². The quantitative estimate of drug-likeness (QED) is 0.311. The van der Waals surface area contributed by atoms with Gasteiger partial charge in [-0.3, -0.25) is 9.78 Å². The number of rotatable bonds is 8. The van der Waals surface area contributed by atoms with Crippen molar-refractivity contribution in [3.63, 3.8) is 0 Å². The smallest absolute Gasteiger partial charge is 0.434 e. The highest BCUT2D eigenvalue weighted by Crippen LogP contribution is 2.31. The minimum absolute atomic E-state index is 0.0129. The number of hydrogen-bond donors (Lipinski definition) is 2. The van der Waals surface area contributed by atoms with Gasteiger partial charge in [-0.1, -0.05) is 17.7 Å². The van der Waals surface area contributed by atoms with Gasteiger partial charge in [0.15, 0.2) is 0 Å². The van der Waals surface area contributed by atoms with E-state index < -0.39 is 23.5 Å². The van der Waals surface area contributed by atoms with Gasteiger partial charge in [-0.2, -0.15) is 23.7 Å². The second kappa shape index (κ2) is 11.7. The Morgan fingerprint density at radius 1 is 1.12 bits per heavy atom. The number of anilines is 1. The third kappa shape index (κ3) is 6.46. The van der Waals surface area contributed by atoms with E-state index in [0.717, 1.165) is 6.20 Å². The van der Waals surface area contributed by atoms with Crippen LogP contribution in [0.2, 0.25) is 5.02 Å². The van der Waals surface area contributed by atoms with E-state index in [9.17, 15) is 33.3 Å². The molecule has 0 unspecified atom stereocenters. The highest BCUT2D eigenvalue weighted by Gasteiger charge is 2.33. The van der Waals surface area contributed by atoms with Crippen LogP contribution in [-0.4, -0.2) is 27.7 Å². The molecule has 2 aromatic carbocycles. The summed E-state index contributed by atoms with van der Waals surface area (Å²) in [5.41, 5.74) is -0.558. The molecular weight excluding hydrogens is 553 g/mol. The van der Waals surface area contributed by atoms with Crippen LogP contribution >= 0.6 is 11.6 Å². The number of nitrogens with zero attached hydrogens (tertiary/aromatic N) is 4. The maximum atomic E-state index is 13.2. The zero-order valence-corrected chi connectivity index (χ0v) is 20.9. The Hall–Kier alpha value is -5.14. The van der Waals surface area contributed by atoms with Gasteiger partial charge in [0, 0.05) is 23.2 Å². The van der Waals surface area contributed by atoms with Crippen LogP contribution in [0.4, 0.5) is 18.9 Å². The average molecular weight is 569 g/mol. The summed E-state index contributed by atoms with van der Waals surface area (Å²) in [5.74, 6) is -1.05. The largest absolute Gasteiger partial charge is 0.491 e. The maximum absolute atomic E-state index is 13.2. The number of nitriles is 2. The Balaban J connectivity index is 1.55. The fraction of sp³-hybridized carbons (Fsp3) is 0.154. The number of pyridine rings is 1. The summed E-state index contributed by atoms with van der Waals surface area (Å²) in [5, 5.41) is 27.6. The molecule has 0 atom stereocenters. The van der Waals surface area contributed by atoms with E-state index in [4.69, 9.17) is 20.8 Å². The summed E-state index contributed by atoms with van der Waals surface area (Å²) in [7, 11) is 0. The molecular formula is C26H16ClF3N6O4. The Bertz CT molecular complexity index is 1720. The molecule has 0 bridgehead atoms. The van der Waals surface area contributed by atoms with Crippen molar-refractivity contribution in [3.8, 4) is 17.9 Å². The molecule has 0 aliphatic heterocycles. The van der Waals surface area contributed by atoms with E-state index in [1.54, 1.807) is 12.1 Å². The zero-order valence-electron chi connectivity index (χ0n) is 20.2. The van der Waals surface area contributed by atoms with E-state index in [2.05, 4.69) is 20.5 Å². The van der Waals surface area contributed by atoms with Gasteiger partial charge in [0.25, 0.3) is 5.91 Å². The van der Waals surface area contributed by atoms with Crippen LogP contribution in [0.15, 0.2) is 57.9 Å². The summed E-state index contributed by atoms with van der Waals surface area (Å²) in [4.78, 5) is 27.6. The van der Waals surface area contributed by atoms with Gasteiger partial charge in [0.1, 0.15) is 23.2 Å². The number of nitrogens with one attached hydrogen (secondary N) is 2. The topological polar surface area (TPSA) is 158 Å². The van der Waals surface area contributed by atoms with Crippen molar-refractivity contribution in [3.05, 3.63) is 104 Å². The predicted molar refractivity (Wildman–Crippen MR) is 134 cm³/mol. The highest BCUT2D eigenvalue weighted by atomic mass is 35.5. The van der Waals surface area contributed by atoms with Crippen LogP contribution in [0, 0.1) is 22.7 Å². The number of benzene rings is 2. The summed E-state index contributed by atoms with van der Waals surface area (Å²) < 4.78 is 49.5. The Morgan fingerprint density at radius 3 is 2.58 bits per heavy atom. The van der Waals surface area contributed by atoms with Crippen molar-refractivity contribution in [2.75, 3.05) is 11.9 Å². The fourth-order valence-electron chi connectivity index (χ4n) is 3.62. The van der Waals surface area contributed by atoms with E-state index in [0.29, 0.717) is 11.6 Å². The highest BCUT2D eigenvalue weighted by molar-refractivity contribution is 6.31. The standard InChI is InChI=1S/C26H16ClF3N6O4/c27-19-5-4-14(8-16(19)9-18-13-33-21(26(28,29)30)10-17(18)12-32)24(37)34-23-15(11-31)2-1-3-20(23)39-7-6-22-35-36-25(38)40-22/h1-5,8,10,13H,6-7,9H2,(H,34,37)(H,36,38). The van der Waals surface area contributed by atoms with Gasteiger partial charge >= 0.3 is 11.9 Å². The SMILES string of the molecule is N#Cc1cc(C(F)(F)F)ncc1Cc1cc(C(=O)Nc2c(C#N)cccc2OCCc2n[nH]c(=O)o2)ccc1Cl. The van der Waals surface area contributed by atoms with Crippen LogP contribution in [0.1, 0.15) is 44.2 Å². The third-order valence-corrected chi connectivity index (χ3v) is 5.90. The number of alkyl halides is 3. The van der Waals surface area contributed by atoms with Gasteiger partial charge in [-0.25, -0.2) is 9.89 Å². The molecule has 0 fully saturated rings. The molecule has 0 aliphatic rings. The van der Waals surface area contributed by atoms with Crippen molar-refractivity contribution in [2.24, 2.45) is 0 Å². The number of carbonyl (C=O) groups excluding carboxylic acids is 1. The first kappa shape index (κ1) is 27.9. The number of aromatic amines is 1. The molecule has 0 aliphatic carbocycles. The lowest BCUT2D eigenvalue weighted by Gasteiger charge is -2.14. The van der Waals surface area contributed by atoms with Crippen LogP contribution in [0.3, 0.4) is 0 Å². The first-order chi connectivity index (χ1) is 19.1. The van der Waals surface area contributed by atoms with Crippen LogP contribution in [-0.2, 0) is 19.0 Å². The monoisotopic (exact) mass is 568 g/mol. The molecule has 2 heterocycles. The molecule has 4 rings (SSSR count). The lowest BCUT2D eigenvalue weighted by Crippen LogP contribution is -2.15. The predicted octanol–water partition coefficient (Wildman–Crippen LogP) is 4.64. The van der Waals surface area contributed by atoms with Crippen molar-refractivity contribution in [1.29, 1.82) is 10.5 Å². The lowest BCUT2D eigenvalue weighted by molar-refractivity contribution is -0.141. The maximum Gasteiger partial charge on any atom is 0.434 e. The second-order valence-electron chi connectivity index (χ2n) is 8.17. The minimum Gasteiger partial charge on any atom is -0.491 e. The van der Waals surface area contributed by atoms with E-state index >= 15 is 0 Å². The zero-order chi connectivity index (χ0) is 28.9. The van der Waals surface area contributed by atoms with Crippen LogP contribution in [0.5, 0.6) is 5.75 Å². The van der Waals surface area contributed by atoms with Gasteiger partial charge < -0.3 is 14.5 Å². The molecule has 0 saturated carbocycles. The molecule has 4 aromatic rings. The Morgan fingerprint density at radius 2 is 1.90 bits per heavy atom. The number of amides is 1. The molecule has 14 heteroatoms. The number of carbonyl (C=O) groups is 1. The normalized spacial score (nSPS) is 10.9. The summed E-state index contributed by atoms with van der Waals surface area (Å²) in [6, 6.07) is 13.2. The molecule has 2 aromatic heterocycles. The summed E-state index contributed by atoms with van der Waals surface area (Å²) in [6.07, 6.45) is -3.70. The first-order valence-corrected chi connectivity index (χ1v) is 11.7. The molecule has 0 saturated heterocycles. The van der Waals surface area contributed by atoms with Crippen molar-refractivity contribution < 1.29 is 27.1 Å². The molecule has 40 heavy (non-hydrogen) atoms. The van der Waals surface area contributed by atoms with Crippen LogP contribution < -0.4 is 15.8 Å². The number of aromatic nitrogens is 3. The number of H-pyrrole nitrogens is 1. The summed E-state index contributed by atoms with van der Waals surface area (Å²) in [6.45, 7) is 0.0129. The molecule has 10 nitrogen and oxygen atoms in total. The number of hydrogen-bond acceptors (Lipinski definition) is 8. The van der Waals surface area contributed by atoms with Crippen molar-refractivity contribution >= 4 is 23.2 Å². The molecule has 0 spiro atoms. The van der Waals surface area contributed by atoms with E-state index in [-0.39, 0.29) is 64.1 Å². The first-order valence-electron chi connectivity index (χ1n) is 11.4. The molecule has 0 radical (unpaired) electrons. The molecule has 1 amide bonds. The van der Waals surface area contributed by atoms with Gasteiger partial charge in [-0.15, -0.1) is 5.10 Å². The average Bonchev–Trinajstić information content (AvgIpc) is 3.34. The second-order valence-corrected chi connectivity index (χ2v) is 8.58. The number of halogens is 4. The van der Waals surface area contributed by atoms with E-state index in [1.807, 2.05) is 6.07 Å². The lowest BCUT2D eigenvalue weighted by atomic mass is 9.99. The van der Waals surface area contributed by atoms with Gasteiger partial charge in [-0.05, 0) is 47.5 Å². The van der Waals surface area contributed by atoms with Crippen molar-refractivity contribution in [1.82, 2.24) is 15.2 Å². The van der Waals surface area contributed by atoms with Crippen LogP contribution in [0.25, 0.3) is 0 Å². The summed E-state index contributed by atoms with van der Waals surface area (Å²) >= 11 is 6.28. The Kier molecular flexibility index (Phi) is 8.17. The van der Waals surface area contributed by atoms with Gasteiger partial charge in [0.2, 0.25) is 5.89 Å². The number of ether oxygens (including phenoxy) is 1. The third-order valence-electron chi connectivity index (χ3n) is 5.53. The molecule has 2 N–H and O–H groups in total. The van der Waals surface area contributed by atoms with Crippen molar-refractivity contribution in [2.45, 2.75) is 19.0 Å². The van der Waals surface area contributed by atoms with E-state index in [1.165, 1.54) is 30.3 Å².